The Morgan fingerprint density at radius 1 is 1.06 bits per heavy atom. The maximum absolute atomic E-state index is 13.2. The minimum atomic E-state index is -0.366. The van der Waals surface area contributed by atoms with Crippen LogP contribution in [0.3, 0.4) is 0 Å². The van der Waals surface area contributed by atoms with Crippen LogP contribution in [0.25, 0.3) is 11.4 Å². The smallest absolute Gasteiger partial charge is 0.254 e. The van der Waals surface area contributed by atoms with Gasteiger partial charge in [-0.15, -0.1) is 10.2 Å². The molecule has 1 aliphatic rings. The van der Waals surface area contributed by atoms with E-state index >= 15 is 0 Å². The molecular weight excluding hydrogens is 465 g/mol. The van der Waals surface area contributed by atoms with Gasteiger partial charge < -0.3 is 14.4 Å². The van der Waals surface area contributed by atoms with Gasteiger partial charge in [0.15, 0.2) is 11.0 Å². The van der Waals surface area contributed by atoms with E-state index in [-0.39, 0.29) is 23.7 Å². The molecular formula is C26H30FN5O2S. The number of rotatable bonds is 8. The molecule has 2 aromatic carbocycles. The number of hydrogen-bond donors (Lipinski definition) is 0. The van der Waals surface area contributed by atoms with Crippen molar-refractivity contribution in [1.82, 2.24) is 24.6 Å². The van der Waals surface area contributed by atoms with E-state index in [2.05, 4.69) is 21.7 Å². The summed E-state index contributed by atoms with van der Waals surface area (Å²) in [5, 5.41) is 9.58. The molecule has 2 amide bonds. The van der Waals surface area contributed by atoms with Crippen LogP contribution in [0.1, 0.15) is 37.0 Å². The Bertz CT molecular complexity index is 1150. The number of amides is 2. The van der Waals surface area contributed by atoms with Gasteiger partial charge in [-0.3, -0.25) is 9.59 Å². The quantitative estimate of drug-likeness (QED) is 0.343. The number of piperazine rings is 1. The number of halogens is 1. The first-order chi connectivity index (χ1) is 17.0. The van der Waals surface area contributed by atoms with Gasteiger partial charge in [0, 0.05) is 55.5 Å². The topological polar surface area (TPSA) is 71.3 Å². The summed E-state index contributed by atoms with van der Waals surface area (Å²) in [4.78, 5) is 29.2. The van der Waals surface area contributed by atoms with Gasteiger partial charge in [-0.1, -0.05) is 42.1 Å². The molecule has 0 radical (unpaired) electrons. The zero-order valence-electron chi connectivity index (χ0n) is 20.1. The van der Waals surface area contributed by atoms with Crippen LogP contribution in [0, 0.1) is 5.82 Å². The highest BCUT2D eigenvalue weighted by molar-refractivity contribution is 7.99. The lowest BCUT2D eigenvalue weighted by Crippen LogP contribution is -2.55. The van der Waals surface area contributed by atoms with Crippen molar-refractivity contribution >= 4 is 23.6 Å². The van der Waals surface area contributed by atoms with Gasteiger partial charge >= 0.3 is 0 Å². The number of aromatic nitrogens is 3. The largest absolute Gasteiger partial charge is 0.339 e. The number of carbonyl (C=O) groups is 2. The number of benzene rings is 2. The van der Waals surface area contributed by atoms with Crippen LogP contribution in [-0.2, 0) is 11.3 Å². The molecule has 1 atom stereocenters. The Labute approximate surface area is 209 Å². The Balaban J connectivity index is 1.25. The molecule has 0 bridgehead atoms. The molecule has 0 aliphatic carbocycles. The van der Waals surface area contributed by atoms with E-state index in [4.69, 9.17) is 0 Å². The van der Waals surface area contributed by atoms with Crippen molar-refractivity contribution in [3.05, 3.63) is 66.0 Å². The summed E-state index contributed by atoms with van der Waals surface area (Å²) < 4.78 is 15.3. The van der Waals surface area contributed by atoms with Crippen LogP contribution in [0.15, 0.2) is 59.8 Å². The molecule has 2 heterocycles. The van der Waals surface area contributed by atoms with Crippen molar-refractivity contribution in [3.8, 4) is 11.4 Å². The minimum absolute atomic E-state index is 0.0980. The second-order valence-electron chi connectivity index (χ2n) is 8.56. The van der Waals surface area contributed by atoms with Crippen LogP contribution >= 0.6 is 11.8 Å². The Morgan fingerprint density at radius 3 is 2.49 bits per heavy atom. The SMILES string of the molecule is CCn1c(SCCCC(=O)N2CCN(C(=O)c3ccc(F)cc3)C(C)C2)nnc1-c1ccccc1. The van der Waals surface area contributed by atoms with E-state index in [0.717, 1.165) is 35.3 Å². The fraction of sp³-hybridized carbons (Fsp3) is 0.385. The van der Waals surface area contributed by atoms with Gasteiger partial charge in [0.25, 0.3) is 5.91 Å². The average molecular weight is 496 g/mol. The van der Waals surface area contributed by atoms with E-state index in [1.54, 1.807) is 16.7 Å². The van der Waals surface area contributed by atoms with Crippen molar-refractivity contribution in [2.24, 2.45) is 0 Å². The molecule has 1 saturated heterocycles. The van der Waals surface area contributed by atoms with E-state index < -0.39 is 0 Å². The third kappa shape index (κ3) is 5.90. The standard InChI is InChI=1S/C26H30FN5O2S/c1-3-31-24(20-8-5-4-6-9-20)28-29-26(31)35-17-7-10-23(33)30-15-16-32(19(2)18-30)25(34)21-11-13-22(27)14-12-21/h4-6,8-9,11-14,19H,3,7,10,15-18H2,1-2H3. The molecule has 1 aliphatic heterocycles. The van der Waals surface area contributed by atoms with Crippen molar-refractivity contribution in [2.45, 2.75) is 44.4 Å². The first-order valence-electron chi connectivity index (χ1n) is 11.9. The molecule has 1 fully saturated rings. The molecule has 0 saturated carbocycles. The second kappa shape index (κ2) is 11.5. The highest BCUT2D eigenvalue weighted by Gasteiger charge is 2.30. The molecule has 35 heavy (non-hydrogen) atoms. The summed E-state index contributed by atoms with van der Waals surface area (Å²) in [6.07, 6.45) is 1.20. The fourth-order valence-corrected chi connectivity index (χ4v) is 5.21. The van der Waals surface area contributed by atoms with Crippen LogP contribution in [-0.4, -0.2) is 67.8 Å². The number of nitrogens with zero attached hydrogens (tertiary/aromatic N) is 5. The van der Waals surface area contributed by atoms with Crippen LogP contribution in [0.5, 0.6) is 0 Å². The maximum atomic E-state index is 13.2. The lowest BCUT2D eigenvalue weighted by atomic mass is 10.1. The molecule has 184 valence electrons. The summed E-state index contributed by atoms with van der Waals surface area (Å²) in [5.74, 6) is 1.24. The van der Waals surface area contributed by atoms with E-state index in [9.17, 15) is 14.0 Å². The van der Waals surface area contributed by atoms with Gasteiger partial charge in [0.1, 0.15) is 5.82 Å². The van der Waals surface area contributed by atoms with Crippen molar-refractivity contribution in [3.63, 3.8) is 0 Å². The highest BCUT2D eigenvalue weighted by atomic mass is 32.2. The molecule has 4 rings (SSSR count). The third-order valence-corrected chi connectivity index (χ3v) is 7.22. The lowest BCUT2D eigenvalue weighted by molar-refractivity contribution is -0.133. The summed E-state index contributed by atoms with van der Waals surface area (Å²) in [6.45, 7) is 6.28. The predicted molar refractivity (Wildman–Crippen MR) is 135 cm³/mol. The minimum Gasteiger partial charge on any atom is -0.339 e. The van der Waals surface area contributed by atoms with Crippen LogP contribution < -0.4 is 0 Å². The van der Waals surface area contributed by atoms with Gasteiger partial charge in [-0.05, 0) is 44.5 Å². The molecule has 3 aromatic rings. The summed E-state index contributed by atoms with van der Waals surface area (Å²) in [7, 11) is 0. The zero-order valence-corrected chi connectivity index (χ0v) is 20.9. The van der Waals surface area contributed by atoms with Crippen LogP contribution in [0.2, 0.25) is 0 Å². The summed E-state index contributed by atoms with van der Waals surface area (Å²) in [5.41, 5.74) is 1.50. The molecule has 9 heteroatoms. The molecule has 7 nitrogen and oxygen atoms in total. The zero-order chi connectivity index (χ0) is 24.8. The highest BCUT2D eigenvalue weighted by Crippen LogP contribution is 2.25. The summed E-state index contributed by atoms with van der Waals surface area (Å²) in [6, 6.07) is 15.5. The van der Waals surface area contributed by atoms with E-state index in [1.807, 2.05) is 42.2 Å². The van der Waals surface area contributed by atoms with Crippen molar-refractivity contribution in [2.75, 3.05) is 25.4 Å². The number of hydrogen-bond acceptors (Lipinski definition) is 5. The Hall–Kier alpha value is -3.20. The monoisotopic (exact) mass is 495 g/mol. The number of carbonyl (C=O) groups excluding carboxylic acids is 2. The van der Waals surface area contributed by atoms with E-state index in [0.29, 0.717) is 31.6 Å². The normalized spacial score (nSPS) is 15.9. The third-order valence-electron chi connectivity index (χ3n) is 6.16. The first-order valence-corrected chi connectivity index (χ1v) is 12.9. The predicted octanol–water partition coefficient (Wildman–Crippen LogP) is 4.35. The van der Waals surface area contributed by atoms with Crippen LogP contribution in [0.4, 0.5) is 4.39 Å². The second-order valence-corrected chi connectivity index (χ2v) is 9.62. The first kappa shape index (κ1) is 24.9. The average Bonchev–Trinajstić information content (AvgIpc) is 3.30. The Morgan fingerprint density at radius 2 is 1.80 bits per heavy atom. The van der Waals surface area contributed by atoms with Gasteiger partial charge in [-0.2, -0.15) is 0 Å². The van der Waals surface area contributed by atoms with Gasteiger partial charge in [0.2, 0.25) is 5.91 Å². The molecule has 0 N–H and O–H groups in total. The number of thioether (sulfide) groups is 1. The molecule has 1 aromatic heterocycles. The maximum Gasteiger partial charge on any atom is 0.254 e. The van der Waals surface area contributed by atoms with E-state index in [1.165, 1.54) is 24.3 Å². The fourth-order valence-electron chi connectivity index (χ4n) is 4.27. The van der Waals surface area contributed by atoms with Gasteiger partial charge in [-0.25, -0.2) is 4.39 Å². The van der Waals surface area contributed by atoms with Crippen molar-refractivity contribution < 1.29 is 14.0 Å². The Kier molecular flexibility index (Phi) is 8.17. The molecule has 0 spiro atoms. The molecule has 1 unspecified atom stereocenters. The summed E-state index contributed by atoms with van der Waals surface area (Å²) >= 11 is 1.62. The lowest BCUT2D eigenvalue weighted by Gasteiger charge is -2.40. The van der Waals surface area contributed by atoms with Crippen molar-refractivity contribution in [1.29, 1.82) is 0 Å². The van der Waals surface area contributed by atoms with Gasteiger partial charge in [0.05, 0.1) is 0 Å².